The van der Waals surface area contributed by atoms with Gasteiger partial charge in [0.15, 0.2) is 0 Å². The maximum atomic E-state index is 10.0. The second-order valence-electron chi connectivity index (χ2n) is 4.40. The topological polar surface area (TPSA) is 46.2 Å². The lowest BCUT2D eigenvalue weighted by molar-refractivity contribution is 0.410. The van der Waals surface area contributed by atoms with E-state index in [9.17, 15) is 5.11 Å². The maximum absolute atomic E-state index is 10.0. The van der Waals surface area contributed by atoms with Crippen LogP contribution in [-0.4, -0.2) is 5.11 Å². The SMILES string of the molecule is Cl.N[C@@H](c1cc(Br)cc(Br)c1O)C1CCCC1. The average molecular weight is 386 g/mol. The van der Waals surface area contributed by atoms with Gasteiger partial charge in [-0.25, -0.2) is 0 Å². The summed E-state index contributed by atoms with van der Waals surface area (Å²) < 4.78 is 1.64. The van der Waals surface area contributed by atoms with E-state index in [1.807, 2.05) is 12.1 Å². The van der Waals surface area contributed by atoms with Crippen LogP contribution in [0.4, 0.5) is 0 Å². The molecule has 0 unspecified atom stereocenters. The van der Waals surface area contributed by atoms with E-state index in [2.05, 4.69) is 31.9 Å². The molecule has 1 aliphatic carbocycles. The van der Waals surface area contributed by atoms with Crippen molar-refractivity contribution in [3.05, 3.63) is 26.6 Å². The van der Waals surface area contributed by atoms with Crippen molar-refractivity contribution >= 4 is 44.3 Å². The van der Waals surface area contributed by atoms with Crippen LogP contribution in [-0.2, 0) is 0 Å². The summed E-state index contributed by atoms with van der Waals surface area (Å²) in [4.78, 5) is 0. The Kier molecular flexibility index (Phi) is 5.77. The first kappa shape index (κ1) is 15.3. The average Bonchev–Trinajstić information content (AvgIpc) is 2.75. The van der Waals surface area contributed by atoms with Gasteiger partial charge in [0.05, 0.1) is 4.47 Å². The van der Waals surface area contributed by atoms with Crippen LogP contribution >= 0.6 is 44.3 Å². The van der Waals surface area contributed by atoms with Gasteiger partial charge < -0.3 is 10.8 Å². The van der Waals surface area contributed by atoms with E-state index in [0.717, 1.165) is 10.0 Å². The van der Waals surface area contributed by atoms with E-state index < -0.39 is 0 Å². The summed E-state index contributed by atoms with van der Waals surface area (Å²) in [5, 5.41) is 10.0. The fraction of sp³-hybridized carbons (Fsp3) is 0.500. The van der Waals surface area contributed by atoms with Crippen LogP contribution < -0.4 is 5.73 Å². The van der Waals surface area contributed by atoms with E-state index in [1.165, 1.54) is 25.7 Å². The van der Waals surface area contributed by atoms with Gasteiger partial charge in [0.2, 0.25) is 0 Å². The fourth-order valence-electron chi connectivity index (χ4n) is 2.41. The van der Waals surface area contributed by atoms with Crippen LogP contribution in [0.3, 0.4) is 0 Å². The van der Waals surface area contributed by atoms with Crippen LogP contribution in [0.15, 0.2) is 21.1 Å². The molecule has 3 N–H and O–H groups in total. The molecule has 0 saturated heterocycles. The number of hydrogen-bond acceptors (Lipinski definition) is 2. The maximum Gasteiger partial charge on any atom is 0.134 e. The van der Waals surface area contributed by atoms with Gasteiger partial charge in [-0.3, -0.25) is 0 Å². The molecule has 1 saturated carbocycles. The summed E-state index contributed by atoms with van der Waals surface area (Å²) in [6.07, 6.45) is 4.86. The summed E-state index contributed by atoms with van der Waals surface area (Å²) in [7, 11) is 0. The molecule has 0 amide bonds. The van der Waals surface area contributed by atoms with Crippen molar-refractivity contribution in [3.8, 4) is 5.75 Å². The third-order valence-corrected chi connectivity index (χ3v) is 4.39. The number of phenols is 1. The standard InChI is InChI=1S/C12H15Br2NO.ClH/c13-8-5-9(12(16)10(14)6-8)11(15)7-3-1-2-4-7;/h5-7,11,16H,1-4,15H2;1H/t11-;/m1./s1. The highest BCUT2D eigenvalue weighted by molar-refractivity contribution is 9.11. The second kappa shape index (κ2) is 6.41. The van der Waals surface area contributed by atoms with E-state index in [1.54, 1.807) is 0 Å². The molecule has 0 bridgehead atoms. The Balaban J connectivity index is 0.00000144. The minimum absolute atomic E-state index is 0. The van der Waals surface area contributed by atoms with Gasteiger partial charge >= 0.3 is 0 Å². The van der Waals surface area contributed by atoms with Gasteiger partial charge in [0.25, 0.3) is 0 Å². The highest BCUT2D eigenvalue weighted by Crippen LogP contribution is 2.41. The van der Waals surface area contributed by atoms with E-state index in [0.29, 0.717) is 10.4 Å². The van der Waals surface area contributed by atoms with Gasteiger partial charge in [-0.05, 0) is 46.8 Å². The Morgan fingerprint density at radius 2 is 1.82 bits per heavy atom. The zero-order valence-corrected chi connectivity index (χ0v) is 13.3. The summed E-state index contributed by atoms with van der Waals surface area (Å²) in [6, 6.07) is 3.69. The van der Waals surface area contributed by atoms with E-state index in [4.69, 9.17) is 5.73 Å². The molecule has 0 spiro atoms. The number of nitrogens with two attached hydrogens (primary N) is 1. The van der Waals surface area contributed by atoms with Crippen LogP contribution in [0, 0.1) is 5.92 Å². The number of halogens is 3. The van der Waals surface area contributed by atoms with Gasteiger partial charge in [-0.1, -0.05) is 28.8 Å². The molecule has 1 aromatic carbocycles. The molecule has 2 rings (SSSR count). The highest BCUT2D eigenvalue weighted by Gasteiger charge is 2.26. The summed E-state index contributed by atoms with van der Waals surface area (Å²) in [5.74, 6) is 0.787. The predicted octanol–water partition coefficient (Wildman–Crippen LogP) is 4.53. The first-order valence-corrected chi connectivity index (χ1v) is 7.11. The van der Waals surface area contributed by atoms with Gasteiger partial charge in [-0.15, -0.1) is 12.4 Å². The minimum atomic E-state index is -0.0590. The minimum Gasteiger partial charge on any atom is -0.506 e. The fourth-order valence-corrected chi connectivity index (χ4v) is 3.67. The van der Waals surface area contributed by atoms with Crippen molar-refractivity contribution in [2.45, 2.75) is 31.7 Å². The summed E-state index contributed by atoms with van der Waals surface area (Å²) in [6.45, 7) is 0. The van der Waals surface area contributed by atoms with Crippen molar-refractivity contribution in [2.75, 3.05) is 0 Å². The normalized spacial score (nSPS) is 17.8. The van der Waals surface area contributed by atoms with Crippen LogP contribution in [0.5, 0.6) is 5.75 Å². The Morgan fingerprint density at radius 3 is 2.41 bits per heavy atom. The molecule has 0 aromatic heterocycles. The van der Waals surface area contributed by atoms with Crippen molar-refractivity contribution in [2.24, 2.45) is 11.7 Å². The van der Waals surface area contributed by atoms with Gasteiger partial charge in [-0.2, -0.15) is 0 Å². The molecule has 17 heavy (non-hydrogen) atoms. The molecule has 0 aliphatic heterocycles. The van der Waals surface area contributed by atoms with E-state index in [-0.39, 0.29) is 24.2 Å². The number of aromatic hydroxyl groups is 1. The second-order valence-corrected chi connectivity index (χ2v) is 6.17. The molecule has 0 radical (unpaired) electrons. The molecular weight excluding hydrogens is 369 g/mol. The van der Waals surface area contributed by atoms with Crippen molar-refractivity contribution < 1.29 is 5.11 Å². The van der Waals surface area contributed by atoms with Gasteiger partial charge in [0.1, 0.15) is 5.75 Å². The monoisotopic (exact) mass is 383 g/mol. The largest absolute Gasteiger partial charge is 0.506 e. The number of benzene rings is 1. The molecule has 1 aliphatic rings. The number of rotatable bonds is 2. The molecule has 1 aromatic rings. The Morgan fingerprint density at radius 1 is 1.24 bits per heavy atom. The van der Waals surface area contributed by atoms with Gasteiger partial charge in [0, 0.05) is 16.1 Å². The van der Waals surface area contributed by atoms with E-state index >= 15 is 0 Å². The number of phenolic OH excluding ortho intramolecular Hbond substituents is 1. The smallest absolute Gasteiger partial charge is 0.134 e. The lowest BCUT2D eigenvalue weighted by Crippen LogP contribution is -2.19. The van der Waals surface area contributed by atoms with Crippen molar-refractivity contribution in [3.63, 3.8) is 0 Å². The predicted molar refractivity (Wildman–Crippen MR) is 79.6 cm³/mol. The molecule has 0 heterocycles. The molecular formula is C12H16Br2ClNO. The first-order valence-electron chi connectivity index (χ1n) is 5.53. The van der Waals surface area contributed by atoms with Crippen molar-refractivity contribution in [1.82, 2.24) is 0 Å². The lowest BCUT2D eigenvalue weighted by Gasteiger charge is -2.21. The van der Waals surface area contributed by atoms with Crippen LogP contribution in [0.1, 0.15) is 37.3 Å². The highest BCUT2D eigenvalue weighted by atomic mass is 79.9. The number of hydrogen-bond donors (Lipinski definition) is 2. The van der Waals surface area contributed by atoms with Crippen LogP contribution in [0.2, 0.25) is 0 Å². The Bertz CT molecular complexity index is 394. The Labute approximate surface area is 125 Å². The molecule has 2 nitrogen and oxygen atoms in total. The third-order valence-electron chi connectivity index (χ3n) is 3.32. The quantitative estimate of drug-likeness (QED) is 0.786. The zero-order valence-electron chi connectivity index (χ0n) is 9.33. The molecule has 5 heteroatoms. The lowest BCUT2D eigenvalue weighted by atomic mass is 9.92. The molecule has 96 valence electrons. The molecule has 1 atom stereocenters. The first-order chi connectivity index (χ1) is 7.59. The summed E-state index contributed by atoms with van der Waals surface area (Å²) in [5.41, 5.74) is 7.08. The molecule has 1 fully saturated rings. The summed E-state index contributed by atoms with van der Waals surface area (Å²) >= 11 is 6.77. The van der Waals surface area contributed by atoms with Crippen LogP contribution in [0.25, 0.3) is 0 Å². The third kappa shape index (κ3) is 3.37. The zero-order chi connectivity index (χ0) is 11.7. The van der Waals surface area contributed by atoms with Crippen molar-refractivity contribution in [1.29, 1.82) is 0 Å². The Hall–Kier alpha value is 0.230.